The van der Waals surface area contributed by atoms with Crippen LogP contribution in [0.1, 0.15) is 19.8 Å². The first-order chi connectivity index (χ1) is 10.2. The third kappa shape index (κ3) is 1.60. The molecule has 0 unspecified atom stereocenters. The molecule has 0 aliphatic heterocycles. The number of benzene rings is 1. The van der Waals surface area contributed by atoms with Gasteiger partial charge >= 0.3 is 0 Å². The summed E-state index contributed by atoms with van der Waals surface area (Å²) in [6.07, 6.45) is 7.67. The molecule has 108 valence electrons. The molecule has 0 saturated heterocycles. The Morgan fingerprint density at radius 2 is 1.86 bits per heavy atom. The molecule has 3 aliphatic rings. The molecule has 4 atom stereocenters. The van der Waals surface area contributed by atoms with Crippen LogP contribution in [0.4, 0.5) is 5.69 Å². The zero-order chi connectivity index (χ0) is 14.6. The molecule has 3 nitrogen and oxygen atoms in total. The van der Waals surface area contributed by atoms with E-state index in [0.717, 1.165) is 0 Å². The van der Waals surface area contributed by atoms with E-state index in [1.54, 1.807) is 0 Å². The molecule has 0 heterocycles. The first kappa shape index (κ1) is 12.8. The van der Waals surface area contributed by atoms with E-state index in [1.165, 1.54) is 17.7 Å². The number of amides is 2. The molecule has 2 amide bonds. The average molecular weight is 281 g/mol. The molecule has 4 rings (SSSR count). The van der Waals surface area contributed by atoms with Gasteiger partial charge in [-0.25, -0.2) is 0 Å². The molecular weight excluding hydrogens is 262 g/mol. The molecule has 0 aromatic heterocycles. The van der Waals surface area contributed by atoms with Crippen molar-refractivity contribution in [3.8, 4) is 0 Å². The van der Waals surface area contributed by atoms with Crippen molar-refractivity contribution in [3.05, 3.63) is 42.5 Å². The molecule has 1 aromatic rings. The van der Waals surface area contributed by atoms with Crippen molar-refractivity contribution in [1.82, 2.24) is 0 Å². The second-order valence-corrected chi connectivity index (χ2v) is 6.70. The zero-order valence-corrected chi connectivity index (χ0v) is 12.1. The number of carbonyl (C=O) groups excluding carboxylic acids is 2. The lowest BCUT2D eigenvalue weighted by molar-refractivity contribution is -0.126. The van der Waals surface area contributed by atoms with Gasteiger partial charge in [0.2, 0.25) is 12.3 Å². The third-order valence-electron chi connectivity index (χ3n) is 5.86. The Morgan fingerprint density at radius 1 is 1.19 bits per heavy atom. The number of allylic oxidation sites excluding steroid dienone is 2. The first-order valence-corrected chi connectivity index (χ1v) is 7.71. The van der Waals surface area contributed by atoms with Crippen LogP contribution < -0.4 is 4.90 Å². The van der Waals surface area contributed by atoms with Gasteiger partial charge in [0.05, 0.1) is 5.69 Å². The van der Waals surface area contributed by atoms with Gasteiger partial charge in [0.15, 0.2) is 0 Å². The largest absolute Gasteiger partial charge is 0.278 e. The summed E-state index contributed by atoms with van der Waals surface area (Å²) in [5, 5.41) is 0. The molecule has 1 aromatic carbocycles. The monoisotopic (exact) mass is 281 g/mol. The maximum Gasteiger partial charge on any atom is 0.237 e. The normalized spacial score (nSPS) is 34.1. The van der Waals surface area contributed by atoms with Crippen LogP contribution in [0.5, 0.6) is 0 Å². The fraction of sp³-hybridized carbons (Fsp3) is 0.444. The standard InChI is InChI=1S/C18H19NO2/c1-12-14-7-8-15(18(14)9-10-18)16(12)17(21)19(11-20)13-5-3-2-4-6-13/h2-8,11-12,14-16H,9-10H2,1H3/t12-,14-,15-,16-/m1/s1. The van der Waals surface area contributed by atoms with Crippen LogP contribution in [-0.4, -0.2) is 12.3 Å². The summed E-state index contributed by atoms with van der Waals surface area (Å²) in [5.41, 5.74) is 1.02. The maximum absolute atomic E-state index is 13.0. The van der Waals surface area contributed by atoms with Gasteiger partial charge in [0.1, 0.15) is 0 Å². The molecule has 0 radical (unpaired) electrons. The topological polar surface area (TPSA) is 37.4 Å². The quantitative estimate of drug-likeness (QED) is 0.631. The van der Waals surface area contributed by atoms with Crippen LogP contribution in [0.15, 0.2) is 42.5 Å². The number of nitrogens with zero attached hydrogens (tertiary/aromatic N) is 1. The number of rotatable bonds is 3. The van der Waals surface area contributed by atoms with Crippen LogP contribution in [0.2, 0.25) is 0 Å². The Kier molecular flexibility index (Phi) is 2.62. The number of anilines is 1. The highest BCUT2D eigenvalue weighted by atomic mass is 16.2. The zero-order valence-electron chi connectivity index (χ0n) is 12.1. The van der Waals surface area contributed by atoms with Crippen LogP contribution in [0.25, 0.3) is 0 Å². The molecule has 21 heavy (non-hydrogen) atoms. The summed E-state index contributed by atoms with van der Waals surface area (Å²) in [6, 6.07) is 9.22. The van der Waals surface area contributed by atoms with E-state index in [1.807, 2.05) is 30.3 Å². The van der Waals surface area contributed by atoms with Crippen molar-refractivity contribution in [2.75, 3.05) is 4.90 Å². The van der Waals surface area contributed by atoms with Gasteiger partial charge in [-0.2, -0.15) is 0 Å². The summed E-state index contributed by atoms with van der Waals surface area (Å²) in [4.78, 5) is 25.7. The summed E-state index contributed by atoms with van der Waals surface area (Å²) in [6.45, 7) is 2.17. The minimum Gasteiger partial charge on any atom is -0.278 e. The van der Waals surface area contributed by atoms with Crippen LogP contribution >= 0.6 is 0 Å². The van der Waals surface area contributed by atoms with Crippen molar-refractivity contribution < 1.29 is 9.59 Å². The number of carbonyl (C=O) groups is 2. The lowest BCUT2D eigenvalue weighted by Gasteiger charge is -2.27. The van der Waals surface area contributed by atoms with Gasteiger partial charge in [0, 0.05) is 5.92 Å². The highest BCUT2D eigenvalue weighted by Crippen LogP contribution is 2.72. The third-order valence-corrected chi connectivity index (χ3v) is 5.86. The summed E-state index contributed by atoms with van der Waals surface area (Å²) < 4.78 is 0. The molecule has 3 aliphatic carbocycles. The number of hydrogen-bond acceptors (Lipinski definition) is 2. The Balaban J connectivity index is 1.66. The number of imide groups is 1. The smallest absolute Gasteiger partial charge is 0.237 e. The van der Waals surface area contributed by atoms with Crippen molar-refractivity contribution in [1.29, 1.82) is 0 Å². The Labute approximate surface area is 124 Å². The van der Waals surface area contributed by atoms with Crippen molar-refractivity contribution in [2.45, 2.75) is 19.8 Å². The predicted molar refractivity (Wildman–Crippen MR) is 80.4 cm³/mol. The van der Waals surface area contributed by atoms with Crippen LogP contribution in [0.3, 0.4) is 0 Å². The molecular formula is C18H19NO2. The Hall–Kier alpha value is -1.90. The van der Waals surface area contributed by atoms with E-state index < -0.39 is 0 Å². The van der Waals surface area contributed by atoms with Crippen molar-refractivity contribution in [3.63, 3.8) is 0 Å². The van der Waals surface area contributed by atoms with E-state index in [2.05, 4.69) is 19.1 Å². The minimum atomic E-state index is -0.0482. The highest BCUT2D eigenvalue weighted by Gasteiger charge is 2.67. The summed E-state index contributed by atoms with van der Waals surface area (Å²) in [7, 11) is 0. The summed E-state index contributed by atoms with van der Waals surface area (Å²) in [5.74, 6) is 1.11. The predicted octanol–water partition coefficient (Wildman–Crippen LogP) is 3.02. The first-order valence-electron chi connectivity index (χ1n) is 7.71. The summed E-state index contributed by atoms with van der Waals surface area (Å²) >= 11 is 0. The van der Waals surface area contributed by atoms with E-state index in [9.17, 15) is 9.59 Å². The highest BCUT2D eigenvalue weighted by molar-refractivity contribution is 6.08. The van der Waals surface area contributed by atoms with E-state index in [4.69, 9.17) is 0 Å². The van der Waals surface area contributed by atoms with Gasteiger partial charge in [-0.1, -0.05) is 37.3 Å². The molecule has 2 fully saturated rings. The van der Waals surface area contributed by atoms with Crippen molar-refractivity contribution in [2.24, 2.45) is 29.1 Å². The van der Waals surface area contributed by atoms with E-state index >= 15 is 0 Å². The lowest BCUT2D eigenvalue weighted by Crippen LogP contribution is -2.39. The minimum absolute atomic E-state index is 0.0353. The molecule has 0 N–H and O–H groups in total. The second kappa shape index (κ2) is 4.30. The molecule has 2 saturated carbocycles. The average Bonchev–Trinajstić information content (AvgIpc) is 3.16. The molecule has 1 spiro atoms. The second-order valence-electron chi connectivity index (χ2n) is 6.70. The van der Waals surface area contributed by atoms with Gasteiger partial charge in [-0.05, 0) is 48.1 Å². The number of para-hydroxylation sites is 1. The van der Waals surface area contributed by atoms with Crippen LogP contribution in [-0.2, 0) is 9.59 Å². The molecule has 3 heteroatoms. The number of hydrogen-bond donors (Lipinski definition) is 0. The fourth-order valence-corrected chi connectivity index (χ4v) is 4.75. The van der Waals surface area contributed by atoms with Gasteiger partial charge < -0.3 is 0 Å². The Bertz CT molecular complexity index is 617. The van der Waals surface area contributed by atoms with Gasteiger partial charge in [0.25, 0.3) is 0 Å². The van der Waals surface area contributed by atoms with E-state index in [-0.39, 0.29) is 11.8 Å². The Morgan fingerprint density at radius 3 is 2.43 bits per heavy atom. The lowest BCUT2D eigenvalue weighted by atomic mass is 9.83. The van der Waals surface area contributed by atoms with Crippen molar-refractivity contribution >= 4 is 18.0 Å². The van der Waals surface area contributed by atoms with Crippen LogP contribution in [0, 0.1) is 29.1 Å². The SMILES string of the molecule is C[C@H]1[C@@H](C(=O)N(C=O)c2ccccc2)[C@H]2C=C[C@H]1C21CC1. The fourth-order valence-electron chi connectivity index (χ4n) is 4.75. The van der Waals surface area contributed by atoms with Gasteiger partial charge in [-0.3, -0.25) is 14.5 Å². The maximum atomic E-state index is 13.0. The van der Waals surface area contributed by atoms with E-state index in [0.29, 0.717) is 35.3 Å². The van der Waals surface area contributed by atoms with Gasteiger partial charge in [-0.15, -0.1) is 0 Å². The molecule has 2 bridgehead atoms.